The first-order chi connectivity index (χ1) is 16.0. The van der Waals surface area contributed by atoms with Gasteiger partial charge in [0.05, 0.1) is 35.0 Å². The van der Waals surface area contributed by atoms with Crippen LogP contribution in [0.1, 0.15) is 10.4 Å². The Balaban J connectivity index is 1.58. The third kappa shape index (κ3) is 4.93. The fourth-order valence-corrected chi connectivity index (χ4v) is 3.97. The Morgan fingerprint density at radius 3 is 2.42 bits per heavy atom. The van der Waals surface area contributed by atoms with E-state index < -0.39 is 11.8 Å². The minimum absolute atomic E-state index is 0.0231. The molecule has 0 bridgehead atoms. The molecule has 7 nitrogen and oxygen atoms in total. The van der Waals surface area contributed by atoms with Crippen molar-refractivity contribution in [1.29, 1.82) is 0 Å². The smallest absolute Gasteiger partial charge is 0.337 e. The minimum Gasteiger partial charge on any atom is -0.465 e. The van der Waals surface area contributed by atoms with E-state index in [4.69, 9.17) is 0 Å². The predicted octanol–water partition coefficient (Wildman–Crippen LogP) is 4.04. The molecule has 0 saturated heterocycles. The Morgan fingerprint density at radius 2 is 1.73 bits per heavy atom. The molecule has 9 heteroatoms. The van der Waals surface area contributed by atoms with Gasteiger partial charge >= 0.3 is 5.97 Å². The molecule has 0 saturated carbocycles. The zero-order valence-electron chi connectivity index (χ0n) is 17.4. The van der Waals surface area contributed by atoms with Gasteiger partial charge in [0.25, 0.3) is 5.56 Å². The van der Waals surface area contributed by atoms with Gasteiger partial charge in [-0.25, -0.2) is 14.2 Å². The fourth-order valence-electron chi connectivity index (χ4n) is 3.16. The van der Waals surface area contributed by atoms with Crippen LogP contribution in [0.2, 0.25) is 0 Å². The number of amides is 1. The summed E-state index contributed by atoms with van der Waals surface area (Å²) in [5.41, 5.74) is 1.51. The molecule has 1 amide bonds. The van der Waals surface area contributed by atoms with Gasteiger partial charge in [-0.3, -0.25) is 14.2 Å². The molecule has 0 atom stereocenters. The van der Waals surface area contributed by atoms with E-state index in [1.54, 1.807) is 48.5 Å². The number of para-hydroxylation sites is 1. The van der Waals surface area contributed by atoms with Crippen molar-refractivity contribution in [3.8, 4) is 5.69 Å². The molecule has 1 N–H and O–H groups in total. The first kappa shape index (κ1) is 22.2. The number of ether oxygens (including phenoxy) is 1. The Hall–Kier alpha value is -3.98. The number of benzene rings is 3. The van der Waals surface area contributed by atoms with Crippen molar-refractivity contribution in [2.45, 2.75) is 5.16 Å². The van der Waals surface area contributed by atoms with Gasteiger partial charge in [-0.2, -0.15) is 0 Å². The molecule has 4 rings (SSSR count). The largest absolute Gasteiger partial charge is 0.465 e. The zero-order valence-corrected chi connectivity index (χ0v) is 18.3. The number of hydrogen-bond donors (Lipinski definition) is 1. The summed E-state index contributed by atoms with van der Waals surface area (Å²) >= 11 is 1.09. The van der Waals surface area contributed by atoms with Crippen molar-refractivity contribution in [3.63, 3.8) is 0 Å². The van der Waals surface area contributed by atoms with E-state index in [-0.39, 0.29) is 17.2 Å². The van der Waals surface area contributed by atoms with E-state index in [0.717, 1.165) is 11.8 Å². The molecular weight excluding hydrogens is 445 g/mol. The zero-order chi connectivity index (χ0) is 23.4. The summed E-state index contributed by atoms with van der Waals surface area (Å²) in [4.78, 5) is 41.8. The normalized spacial score (nSPS) is 10.7. The van der Waals surface area contributed by atoms with Crippen LogP contribution < -0.4 is 10.9 Å². The lowest BCUT2D eigenvalue weighted by atomic mass is 10.2. The van der Waals surface area contributed by atoms with Crippen molar-refractivity contribution < 1.29 is 18.7 Å². The maximum absolute atomic E-state index is 13.4. The Labute approximate surface area is 192 Å². The second-order valence-electron chi connectivity index (χ2n) is 6.93. The number of thioether (sulfide) groups is 1. The maximum atomic E-state index is 13.4. The highest BCUT2D eigenvalue weighted by Crippen LogP contribution is 2.22. The van der Waals surface area contributed by atoms with E-state index in [1.165, 1.54) is 35.9 Å². The molecule has 0 spiro atoms. The molecular formula is C24H18FN3O4S. The maximum Gasteiger partial charge on any atom is 0.337 e. The van der Waals surface area contributed by atoms with E-state index in [1.807, 2.05) is 0 Å². The summed E-state index contributed by atoms with van der Waals surface area (Å²) in [5, 5.41) is 3.46. The van der Waals surface area contributed by atoms with Crippen molar-refractivity contribution >= 4 is 40.2 Å². The second kappa shape index (κ2) is 9.66. The van der Waals surface area contributed by atoms with E-state index >= 15 is 0 Å². The van der Waals surface area contributed by atoms with Gasteiger partial charge in [0.15, 0.2) is 5.16 Å². The first-order valence-corrected chi connectivity index (χ1v) is 10.8. The fraction of sp³-hybridized carbons (Fsp3) is 0.0833. The highest BCUT2D eigenvalue weighted by molar-refractivity contribution is 7.99. The monoisotopic (exact) mass is 463 g/mol. The van der Waals surface area contributed by atoms with Crippen LogP contribution in [0.15, 0.2) is 82.7 Å². The lowest BCUT2D eigenvalue weighted by Gasteiger charge is -2.13. The van der Waals surface area contributed by atoms with Crippen molar-refractivity contribution in [3.05, 3.63) is 94.5 Å². The van der Waals surface area contributed by atoms with Gasteiger partial charge in [-0.05, 0) is 60.7 Å². The van der Waals surface area contributed by atoms with Gasteiger partial charge in [-0.15, -0.1) is 0 Å². The lowest BCUT2D eigenvalue weighted by Crippen LogP contribution is -2.23. The number of carbonyl (C=O) groups excluding carboxylic acids is 2. The average Bonchev–Trinajstić information content (AvgIpc) is 2.83. The van der Waals surface area contributed by atoms with Crippen LogP contribution in [-0.2, 0) is 9.53 Å². The van der Waals surface area contributed by atoms with Crippen LogP contribution >= 0.6 is 11.8 Å². The topological polar surface area (TPSA) is 90.3 Å². The molecule has 4 aromatic rings. The number of hydrogen-bond acceptors (Lipinski definition) is 6. The molecule has 0 aliphatic carbocycles. The predicted molar refractivity (Wildman–Crippen MR) is 124 cm³/mol. The molecule has 0 unspecified atom stereocenters. The summed E-state index contributed by atoms with van der Waals surface area (Å²) in [6.07, 6.45) is 0. The molecule has 166 valence electrons. The summed E-state index contributed by atoms with van der Waals surface area (Å²) in [5.74, 6) is -1.24. The summed E-state index contributed by atoms with van der Waals surface area (Å²) < 4.78 is 19.4. The summed E-state index contributed by atoms with van der Waals surface area (Å²) in [7, 11) is 1.29. The quantitative estimate of drug-likeness (QED) is 0.264. The van der Waals surface area contributed by atoms with Gasteiger partial charge < -0.3 is 10.1 Å². The number of fused-ring (bicyclic) bond motifs is 1. The molecule has 1 heterocycles. The van der Waals surface area contributed by atoms with Crippen LogP contribution in [0.5, 0.6) is 0 Å². The number of aromatic nitrogens is 2. The van der Waals surface area contributed by atoms with Crippen LogP contribution in [-0.4, -0.2) is 34.3 Å². The molecule has 3 aromatic carbocycles. The first-order valence-electron chi connectivity index (χ1n) is 9.85. The number of anilines is 1. The lowest BCUT2D eigenvalue weighted by molar-refractivity contribution is -0.113. The Morgan fingerprint density at radius 1 is 1.03 bits per heavy atom. The molecule has 0 fully saturated rings. The second-order valence-corrected chi connectivity index (χ2v) is 7.88. The van der Waals surface area contributed by atoms with E-state index in [2.05, 4.69) is 15.0 Å². The van der Waals surface area contributed by atoms with Crippen LogP contribution in [0.3, 0.4) is 0 Å². The van der Waals surface area contributed by atoms with Gasteiger partial charge in [-0.1, -0.05) is 23.9 Å². The highest BCUT2D eigenvalue weighted by Gasteiger charge is 2.15. The number of rotatable bonds is 6. The molecule has 0 aliphatic heterocycles. The third-order valence-corrected chi connectivity index (χ3v) is 5.69. The number of nitrogens with zero attached hydrogens (tertiary/aromatic N) is 2. The SMILES string of the molecule is COC(=O)c1ccc(NC(=O)CSc2nc3ccccc3c(=O)n2-c2ccc(F)cc2)cc1. The number of nitrogens with one attached hydrogen (secondary N) is 1. The minimum atomic E-state index is -0.468. The van der Waals surface area contributed by atoms with Crippen LogP contribution in [0, 0.1) is 5.82 Å². The highest BCUT2D eigenvalue weighted by atomic mass is 32.2. The van der Waals surface area contributed by atoms with Crippen molar-refractivity contribution in [2.75, 3.05) is 18.2 Å². The van der Waals surface area contributed by atoms with Crippen LogP contribution in [0.4, 0.5) is 10.1 Å². The standard InChI is InChI=1S/C24H18FN3O4S/c1-32-23(31)15-6-10-17(11-7-15)26-21(29)14-33-24-27-20-5-3-2-4-19(20)22(30)28(24)18-12-8-16(25)9-13-18/h2-13H,14H2,1H3,(H,26,29). The van der Waals surface area contributed by atoms with E-state index in [9.17, 15) is 18.8 Å². The number of halogens is 1. The van der Waals surface area contributed by atoms with Crippen LogP contribution in [0.25, 0.3) is 16.6 Å². The molecule has 1 aromatic heterocycles. The van der Waals surface area contributed by atoms with Crippen molar-refractivity contribution in [2.24, 2.45) is 0 Å². The number of carbonyl (C=O) groups is 2. The average molecular weight is 463 g/mol. The molecule has 0 aliphatic rings. The number of methoxy groups -OCH3 is 1. The Bertz CT molecular complexity index is 1390. The third-order valence-electron chi connectivity index (χ3n) is 4.75. The van der Waals surface area contributed by atoms with Gasteiger partial charge in [0, 0.05) is 5.69 Å². The van der Waals surface area contributed by atoms with Gasteiger partial charge in [0.2, 0.25) is 5.91 Å². The van der Waals surface area contributed by atoms with Gasteiger partial charge in [0.1, 0.15) is 5.82 Å². The number of esters is 1. The summed E-state index contributed by atoms with van der Waals surface area (Å²) in [6.45, 7) is 0. The Kier molecular flexibility index (Phi) is 6.50. The van der Waals surface area contributed by atoms with Crippen molar-refractivity contribution in [1.82, 2.24) is 9.55 Å². The van der Waals surface area contributed by atoms with E-state index in [0.29, 0.717) is 33.0 Å². The molecule has 33 heavy (non-hydrogen) atoms. The molecule has 0 radical (unpaired) electrons. The summed E-state index contributed by atoms with van der Waals surface area (Å²) in [6, 6.07) is 18.7.